The van der Waals surface area contributed by atoms with Crippen molar-refractivity contribution in [3.8, 4) is 11.5 Å². The minimum absolute atomic E-state index is 0.0522. The summed E-state index contributed by atoms with van der Waals surface area (Å²) in [5, 5.41) is 15.0. The average Bonchev–Trinajstić information content (AvgIpc) is 2.90. The van der Waals surface area contributed by atoms with Gasteiger partial charge in [0.2, 0.25) is 0 Å². The molecule has 0 amide bonds. The Morgan fingerprint density at radius 2 is 1.89 bits per heavy atom. The highest BCUT2D eigenvalue weighted by Crippen LogP contribution is 2.38. The highest BCUT2D eigenvalue weighted by Gasteiger charge is 2.28. The second-order valence-corrected chi connectivity index (χ2v) is 10.5. The maximum atomic E-state index is 14.8. The number of alkyl halides is 1. The molecule has 0 radical (unpaired) electrons. The summed E-state index contributed by atoms with van der Waals surface area (Å²) in [6, 6.07) is 17.2. The number of benzene rings is 3. The lowest BCUT2D eigenvalue weighted by Crippen LogP contribution is -2.45. The number of aryl methyl sites for hydroxylation is 1. The van der Waals surface area contributed by atoms with Crippen LogP contribution in [0.4, 0.5) is 4.39 Å². The fourth-order valence-electron chi connectivity index (χ4n) is 4.28. The van der Waals surface area contributed by atoms with E-state index in [1.54, 1.807) is 24.4 Å². The second-order valence-electron chi connectivity index (χ2n) is 8.92. The van der Waals surface area contributed by atoms with Crippen molar-refractivity contribution in [3.05, 3.63) is 98.9 Å². The number of nitrogens with one attached hydrogen (secondary N) is 2. The summed E-state index contributed by atoms with van der Waals surface area (Å²) in [4.78, 5) is 4.53. The van der Waals surface area contributed by atoms with Gasteiger partial charge in [-0.25, -0.2) is 9.87 Å². The number of nitrogens with zero attached hydrogens (tertiary/aromatic N) is 1. The lowest BCUT2D eigenvalue weighted by molar-refractivity contribution is 0.111. The summed E-state index contributed by atoms with van der Waals surface area (Å²) in [5.41, 5.74) is 5.84. The van der Waals surface area contributed by atoms with Gasteiger partial charge in [0.15, 0.2) is 17.3 Å². The van der Waals surface area contributed by atoms with E-state index in [2.05, 4.69) is 31.7 Å². The number of hydrogen-bond acceptors (Lipinski definition) is 5. The van der Waals surface area contributed by atoms with Crippen LogP contribution in [0.2, 0.25) is 5.02 Å². The van der Waals surface area contributed by atoms with E-state index in [1.807, 2.05) is 56.3 Å². The van der Waals surface area contributed by atoms with Gasteiger partial charge in [-0.15, -0.1) is 11.6 Å². The number of aromatic nitrogens is 1. The van der Waals surface area contributed by atoms with Crippen molar-refractivity contribution in [1.29, 1.82) is 0 Å². The first-order valence-electron chi connectivity index (χ1n) is 11.8. The summed E-state index contributed by atoms with van der Waals surface area (Å²) >= 11 is 16.1. The predicted molar refractivity (Wildman–Crippen MR) is 151 cm³/mol. The van der Waals surface area contributed by atoms with Crippen molar-refractivity contribution in [2.75, 3.05) is 5.88 Å². The van der Waals surface area contributed by atoms with Crippen LogP contribution in [0.15, 0.2) is 71.3 Å². The van der Waals surface area contributed by atoms with Gasteiger partial charge in [0.05, 0.1) is 22.2 Å². The fraction of sp³-hybridized carbons (Fsp3) is 0.250. The zero-order chi connectivity index (χ0) is 26.5. The quantitative estimate of drug-likeness (QED) is 0.127. The molecule has 1 heterocycles. The number of rotatable bonds is 10. The molecule has 0 saturated carbocycles. The molecule has 3 N–H and O–H groups in total. The maximum absolute atomic E-state index is 14.8. The molecule has 0 aliphatic carbocycles. The van der Waals surface area contributed by atoms with E-state index in [9.17, 15) is 9.60 Å². The number of para-hydroxylation sites is 1. The molecule has 1 unspecified atom stereocenters. The van der Waals surface area contributed by atoms with Crippen LogP contribution in [-0.2, 0) is 6.42 Å². The molecule has 0 aliphatic heterocycles. The Bertz CT molecular complexity index is 1390. The molecule has 1 aromatic heterocycles. The Morgan fingerprint density at radius 3 is 2.62 bits per heavy atom. The van der Waals surface area contributed by atoms with Crippen LogP contribution >= 0.6 is 39.1 Å². The first-order chi connectivity index (χ1) is 17.8. The van der Waals surface area contributed by atoms with Crippen molar-refractivity contribution >= 4 is 50.0 Å². The highest BCUT2D eigenvalue weighted by molar-refractivity contribution is 9.10. The van der Waals surface area contributed by atoms with E-state index < -0.39 is 17.9 Å². The summed E-state index contributed by atoms with van der Waals surface area (Å²) in [6.07, 6.45) is 2.14. The van der Waals surface area contributed by atoms with Crippen LogP contribution in [0.5, 0.6) is 11.5 Å². The minimum Gasteiger partial charge on any atom is -0.452 e. The van der Waals surface area contributed by atoms with Crippen molar-refractivity contribution in [3.63, 3.8) is 0 Å². The predicted octanol–water partition coefficient (Wildman–Crippen LogP) is 7.74. The molecule has 0 aliphatic rings. The standard InChI is InChI=1S/C28H27BrCl2FN3O2/c1-16-10-11-18(22(31)12-16)13-19(14-30)34-28(17(2)35-36)26-20-6-3-4-8-23(20)33-15-25(26)37-24-9-5-7-21(29)27(24)32/h3-12,15,17,19,28,34-36H,13-14H2,1-2H3/t17-,19+,28?/m0/s1. The van der Waals surface area contributed by atoms with Crippen LogP contribution < -0.4 is 15.5 Å². The molecule has 4 aromatic rings. The lowest BCUT2D eigenvalue weighted by Gasteiger charge is -2.31. The maximum Gasteiger partial charge on any atom is 0.179 e. The zero-order valence-corrected chi connectivity index (χ0v) is 23.4. The smallest absolute Gasteiger partial charge is 0.179 e. The molecule has 3 atom stereocenters. The van der Waals surface area contributed by atoms with Gasteiger partial charge in [-0.2, -0.15) is 0 Å². The van der Waals surface area contributed by atoms with Crippen LogP contribution in [-0.4, -0.2) is 28.2 Å². The number of pyridine rings is 1. The summed E-state index contributed by atoms with van der Waals surface area (Å²) in [7, 11) is 0. The molecular weight excluding hydrogens is 580 g/mol. The first kappa shape index (κ1) is 27.8. The van der Waals surface area contributed by atoms with E-state index in [0.717, 1.165) is 22.0 Å². The van der Waals surface area contributed by atoms with Crippen molar-refractivity contribution < 1.29 is 14.3 Å². The first-order valence-corrected chi connectivity index (χ1v) is 13.5. The molecule has 0 bridgehead atoms. The summed E-state index contributed by atoms with van der Waals surface area (Å²) in [6.45, 7) is 3.82. The topological polar surface area (TPSA) is 66.4 Å². The summed E-state index contributed by atoms with van der Waals surface area (Å²) < 4.78 is 21.2. The molecular formula is C28H27BrCl2FN3O2. The lowest BCUT2D eigenvalue weighted by atomic mass is 9.94. The van der Waals surface area contributed by atoms with Gasteiger partial charge in [0.1, 0.15) is 0 Å². The third-order valence-electron chi connectivity index (χ3n) is 6.21. The van der Waals surface area contributed by atoms with Gasteiger partial charge in [0.25, 0.3) is 0 Å². The van der Waals surface area contributed by atoms with Crippen molar-refractivity contribution in [2.24, 2.45) is 0 Å². The SMILES string of the molecule is Cc1ccc(C[C@H](CCl)NC(c2c(Oc3cccc(Br)c3F)cnc3ccccc23)[C@H](C)NO)c(Cl)c1. The molecule has 4 rings (SSSR count). The molecule has 3 aromatic carbocycles. The average molecular weight is 607 g/mol. The second kappa shape index (κ2) is 12.5. The van der Waals surface area contributed by atoms with Gasteiger partial charge in [0, 0.05) is 33.9 Å². The number of halogens is 4. The molecule has 37 heavy (non-hydrogen) atoms. The van der Waals surface area contributed by atoms with Crippen molar-refractivity contribution in [2.45, 2.75) is 38.4 Å². The highest BCUT2D eigenvalue weighted by atomic mass is 79.9. The molecule has 9 heteroatoms. The summed E-state index contributed by atoms with van der Waals surface area (Å²) in [5.74, 6) is 0.179. The van der Waals surface area contributed by atoms with Gasteiger partial charge in [-0.05, 0) is 71.6 Å². The Morgan fingerprint density at radius 1 is 1.11 bits per heavy atom. The van der Waals surface area contributed by atoms with Crippen LogP contribution in [0.3, 0.4) is 0 Å². The number of fused-ring (bicyclic) bond motifs is 1. The third-order valence-corrected chi connectivity index (χ3v) is 7.54. The minimum atomic E-state index is -0.521. The van der Waals surface area contributed by atoms with E-state index >= 15 is 0 Å². The number of hydrogen-bond donors (Lipinski definition) is 3. The van der Waals surface area contributed by atoms with Crippen LogP contribution in [0.1, 0.15) is 29.7 Å². The Hall–Kier alpha value is -2.26. The van der Waals surface area contributed by atoms with E-state index in [1.165, 1.54) is 0 Å². The van der Waals surface area contributed by atoms with E-state index in [4.69, 9.17) is 27.9 Å². The van der Waals surface area contributed by atoms with Gasteiger partial charge in [-0.1, -0.05) is 48.0 Å². The molecule has 5 nitrogen and oxygen atoms in total. The Labute approximate surface area is 234 Å². The number of hydroxylamine groups is 1. The van der Waals surface area contributed by atoms with Crippen LogP contribution in [0.25, 0.3) is 10.9 Å². The van der Waals surface area contributed by atoms with Gasteiger partial charge < -0.3 is 15.3 Å². The Kier molecular flexibility index (Phi) is 9.40. The van der Waals surface area contributed by atoms with Gasteiger partial charge in [-0.3, -0.25) is 4.98 Å². The van der Waals surface area contributed by atoms with E-state index in [-0.39, 0.29) is 16.3 Å². The molecule has 0 saturated heterocycles. The number of ether oxygens (including phenoxy) is 1. The largest absolute Gasteiger partial charge is 0.452 e. The molecule has 0 spiro atoms. The Balaban J connectivity index is 1.78. The third kappa shape index (κ3) is 6.42. The fourth-order valence-corrected chi connectivity index (χ4v) is 5.13. The molecule has 0 fully saturated rings. The van der Waals surface area contributed by atoms with Gasteiger partial charge >= 0.3 is 0 Å². The zero-order valence-electron chi connectivity index (χ0n) is 20.3. The monoisotopic (exact) mass is 605 g/mol. The van der Waals surface area contributed by atoms with Crippen molar-refractivity contribution in [1.82, 2.24) is 15.8 Å². The van der Waals surface area contributed by atoms with E-state index in [0.29, 0.717) is 28.6 Å². The van der Waals surface area contributed by atoms with Crippen LogP contribution in [0, 0.1) is 12.7 Å². The molecule has 194 valence electrons. The normalized spacial score (nSPS) is 13.9.